The summed E-state index contributed by atoms with van der Waals surface area (Å²) in [6.07, 6.45) is 0.761. The van der Waals surface area contributed by atoms with Crippen LogP contribution in [0.2, 0.25) is 0 Å². The van der Waals surface area contributed by atoms with Crippen molar-refractivity contribution in [2.24, 2.45) is 5.10 Å². The standard InChI is InChI=1S/C16H12I2N2O4/c17-10-5-9(6-11(18)15(10)21)7-19-20-16(22)14-8-23-12-3-1-2-4-13(12)24-14/h1-7,14,21H,8H2,(H,20,22)/b19-7+. The van der Waals surface area contributed by atoms with Crippen molar-refractivity contribution in [3.05, 3.63) is 49.1 Å². The van der Waals surface area contributed by atoms with E-state index in [0.29, 0.717) is 18.6 Å². The maximum Gasteiger partial charge on any atom is 0.284 e. The number of carbonyl (C=O) groups excluding carboxylic acids is 1. The number of fused-ring (bicyclic) bond motifs is 1. The van der Waals surface area contributed by atoms with Gasteiger partial charge in [-0.25, -0.2) is 5.43 Å². The maximum atomic E-state index is 12.1. The number of nitrogens with zero attached hydrogens (tertiary/aromatic N) is 1. The van der Waals surface area contributed by atoms with Crippen molar-refractivity contribution in [3.8, 4) is 17.2 Å². The molecule has 2 aromatic rings. The van der Waals surface area contributed by atoms with E-state index in [0.717, 1.165) is 5.56 Å². The number of hydrogen-bond donors (Lipinski definition) is 2. The molecule has 0 radical (unpaired) electrons. The lowest BCUT2D eigenvalue weighted by atomic mass is 10.2. The van der Waals surface area contributed by atoms with E-state index in [1.54, 1.807) is 24.3 Å². The van der Waals surface area contributed by atoms with Gasteiger partial charge in [-0.3, -0.25) is 4.79 Å². The van der Waals surface area contributed by atoms with Crippen LogP contribution in [0.4, 0.5) is 0 Å². The quantitative estimate of drug-likeness (QED) is 0.350. The summed E-state index contributed by atoms with van der Waals surface area (Å²) in [7, 11) is 0. The van der Waals surface area contributed by atoms with Crippen LogP contribution >= 0.6 is 45.2 Å². The van der Waals surface area contributed by atoms with Crippen LogP contribution in [0.3, 0.4) is 0 Å². The van der Waals surface area contributed by atoms with Gasteiger partial charge in [-0.05, 0) is 75.0 Å². The summed E-state index contributed by atoms with van der Waals surface area (Å²) >= 11 is 4.07. The highest BCUT2D eigenvalue weighted by molar-refractivity contribution is 14.1. The Bertz CT molecular complexity index is 787. The summed E-state index contributed by atoms with van der Waals surface area (Å²) < 4.78 is 12.5. The number of para-hydroxylation sites is 2. The fourth-order valence-electron chi connectivity index (χ4n) is 2.05. The molecule has 0 aromatic heterocycles. The zero-order valence-electron chi connectivity index (χ0n) is 12.2. The predicted octanol–water partition coefficient (Wildman–Crippen LogP) is 2.89. The smallest absolute Gasteiger partial charge is 0.284 e. The summed E-state index contributed by atoms with van der Waals surface area (Å²) in [4.78, 5) is 12.1. The molecule has 0 fully saturated rings. The number of phenolic OH excluding ortho intramolecular Hbond substituents is 1. The largest absolute Gasteiger partial charge is 0.506 e. The minimum Gasteiger partial charge on any atom is -0.506 e. The van der Waals surface area contributed by atoms with Gasteiger partial charge in [0.05, 0.1) is 13.4 Å². The van der Waals surface area contributed by atoms with Gasteiger partial charge in [0.15, 0.2) is 11.5 Å². The van der Waals surface area contributed by atoms with Gasteiger partial charge in [0.1, 0.15) is 12.4 Å². The predicted molar refractivity (Wildman–Crippen MR) is 106 cm³/mol. The van der Waals surface area contributed by atoms with E-state index in [-0.39, 0.29) is 18.3 Å². The lowest BCUT2D eigenvalue weighted by Crippen LogP contribution is -2.42. The SMILES string of the molecule is O=C(N/N=C/c1cc(I)c(O)c(I)c1)C1COc2ccccc2O1. The Kier molecular flexibility index (Phi) is 5.43. The molecular weight excluding hydrogens is 538 g/mol. The number of phenols is 1. The van der Waals surface area contributed by atoms with Crippen molar-refractivity contribution in [2.75, 3.05) is 6.61 Å². The molecule has 24 heavy (non-hydrogen) atoms. The second-order valence-corrected chi connectivity index (χ2v) is 7.26. The van der Waals surface area contributed by atoms with Crippen LogP contribution in [0.15, 0.2) is 41.5 Å². The molecule has 6 nitrogen and oxygen atoms in total. The van der Waals surface area contributed by atoms with Crippen molar-refractivity contribution in [1.82, 2.24) is 5.43 Å². The number of hydrazone groups is 1. The summed E-state index contributed by atoms with van der Waals surface area (Å²) in [5.74, 6) is 1.02. The van der Waals surface area contributed by atoms with Crippen molar-refractivity contribution >= 4 is 57.3 Å². The molecule has 3 rings (SSSR count). The summed E-state index contributed by atoms with van der Waals surface area (Å²) in [5.41, 5.74) is 3.21. The molecule has 0 bridgehead atoms. The number of aromatic hydroxyl groups is 1. The van der Waals surface area contributed by atoms with Gasteiger partial charge >= 0.3 is 0 Å². The molecule has 2 aromatic carbocycles. The van der Waals surface area contributed by atoms with Gasteiger partial charge < -0.3 is 14.6 Å². The van der Waals surface area contributed by atoms with Gasteiger partial charge in [-0.15, -0.1) is 0 Å². The highest BCUT2D eigenvalue weighted by Crippen LogP contribution is 2.31. The molecule has 0 aliphatic carbocycles. The molecule has 1 unspecified atom stereocenters. The van der Waals surface area contributed by atoms with Crippen LogP contribution in [0.5, 0.6) is 17.2 Å². The first-order valence-electron chi connectivity index (χ1n) is 6.94. The van der Waals surface area contributed by atoms with Gasteiger partial charge in [-0.2, -0.15) is 5.10 Å². The third-order valence-corrected chi connectivity index (χ3v) is 4.87. The molecule has 1 amide bonds. The van der Waals surface area contributed by atoms with Crippen LogP contribution < -0.4 is 14.9 Å². The van der Waals surface area contributed by atoms with Crippen LogP contribution in [0.25, 0.3) is 0 Å². The maximum absolute atomic E-state index is 12.1. The molecule has 0 saturated heterocycles. The minimum absolute atomic E-state index is 0.132. The minimum atomic E-state index is -0.753. The molecule has 1 atom stereocenters. The number of benzene rings is 2. The Hall–Kier alpha value is -1.56. The van der Waals surface area contributed by atoms with Crippen LogP contribution in [-0.2, 0) is 4.79 Å². The van der Waals surface area contributed by atoms with E-state index in [1.165, 1.54) is 6.21 Å². The zero-order chi connectivity index (χ0) is 17.1. The monoisotopic (exact) mass is 550 g/mol. The van der Waals surface area contributed by atoms with Crippen LogP contribution in [0, 0.1) is 7.14 Å². The molecule has 2 N–H and O–H groups in total. The highest BCUT2D eigenvalue weighted by Gasteiger charge is 2.26. The number of rotatable bonds is 3. The van der Waals surface area contributed by atoms with E-state index < -0.39 is 6.10 Å². The lowest BCUT2D eigenvalue weighted by molar-refractivity contribution is -0.130. The van der Waals surface area contributed by atoms with Gasteiger partial charge in [0, 0.05) is 0 Å². The Morgan fingerprint density at radius 3 is 2.62 bits per heavy atom. The Labute approximate surface area is 165 Å². The summed E-state index contributed by atoms with van der Waals surface area (Å²) in [6, 6.07) is 10.7. The molecular formula is C16H12I2N2O4. The third-order valence-electron chi connectivity index (χ3n) is 3.23. The number of ether oxygens (including phenoxy) is 2. The van der Waals surface area contributed by atoms with E-state index >= 15 is 0 Å². The third kappa shape index (κ3) is 3.91. The molecule has 0 saturated carbocycles. The first-order chi connectivity index (χ1) is 11.5. The molecule has 0 spiro atoms. The first kappa shape index (κ1) is 17.3. The number of nitrogens with one attached hydrogen (secondary N) is 1. The number of halogens is 2. The summed E-state index contributed by atoms with van der Waals surface area (Å²) in [5, 5.41) is 13.7. The first-order valence-corrected chi connectivity index (χ1v) is 9.10. The molecule has 1 aliphatic heterocycles. The fraction of sp³-hybridized carbons (Fsp3) is 0.125. The van der Waals surface area contributed by atoms with Crippen molar-refractivity contribution in [1.29, 1.82) is 0 Å². The number of hydrogen-bond acceptors (Lipinski definition) is 5. The second-order valence-electron chi connectivity index (χ2n) is 4.93. The van der Waals surface area contributed by atoms with Gasteiger partial charge in [0.25, 0.3) is 5.91 Å². The van der Waals surface area contributed by atoms with Crippen LogP contribution in [-0.4, -0.2) is 29.9 Å². The number of carbonyl (C=O) groups is 1. The van der Waals surface area contributed by atoms with Crippen molar-refractivity contribution < 1.29 is 19.4 Å². The van der Waals surface area contributed by atoms with E-state index in [1.807, 2.05) is 57.3 Å². The number of amides is 1. The van der Waals surface area contributed by atoms with Crippen LogP contribution in [0.1, 0.15) is 5.56 Å². The topological polar surface area (TPSA) is 80.2 Å². The second kappa shape index (κ2) is 7.55. The van der Waals surface area contributed by atoms with Crippen molar-refractivity contribution in [2.45, 2.75) is 6.10 Å². The normalized spacial score (nSPS) is 16.2. The van der Waals surface area contributed by atoms with E-state index in [9.17, 15) is 9.90 Å². The average molecular weight is 550 g/mol. The summed E-state index contributed by atoms with van der Waals surface area (Å²) in [6.45, 7) is 0.132. The van der Waals surface area contributed by atoms with Crippen molar-refractivity contribution in [3.63, 3.8) is 0 Å². The van der Waals surface area contributed by atoms with E-state index in [2.05, 4.69) is 10.5 Å². The molecule has 124 valence electrons. The lowest BCUT2D eigenvalue weighted by Gasteiger charge is -2.24. The molecule has 1 aliphatic rings. The fourth-order valence-corrected chi connectivity index (χ4v) is 3.87. The highest BCUT2D eigenvalue weighted by atomic mass is 127. The van der Waals surface area contributed by atoms with Gasteiger partial charge in [0.2, 0.25) is 6.10 Å². The molecule has 8 heteroatoms. The Morgan fingerprint density at radius 2 is 1.92 bits per heavy atom. The van der Waals surface area contributed by atoms with E-state index in [4.69, 9.17) is 9.47 Å². The average Bonchev–Trinajstić information content (AvgIpc) is 2.59. The zero-order valence-corrected chi connectivity index (χ0v) is 16.5. The Morgan fingerprint density at radius 1 is 1.25 bits per heavy atom. The molecule has 1 heterocycles. The van der Waals surface area contributed by atoms with Gasteiger partial charge in [-0.1, -0.05) is 12.1 Å². The Balaban J connectivity index is 1.62.